The van der Waals surface area contributed by atoms with Gasteiger partial charge in [0.2, 0.25) is 5.88 Å². The fourth-order valence-electron chi connectivity index (χ4n) is 2.67. The molecule has 1 amide bonds. The van der Waals surface area contributed by atoms with Crippen molar-refractivity contribution in [2.45, 2.75) is 25.9 Å². The van der Waals surface area contributed by atoms with Crippen LogP contribution in [0.4, 0.5) is 4.79 Å². The summed E-state index contributed by atoms with van der Waals surface area (Å²) in [6.45, 7) is 6.56. The first kappa shape index (κ1) is 18.4. The molecule has 0 bridgehead atoms. The number of hydrogen-bond acceptors (Lipinski definition) is 7. The van der Waals surface area contributed by atoms with Crippen molar-refractivity contribution in [2.24, 2.45) is 0 Å². The molecule has 1 aliphatic heterocycles. The summed E-state index contributed by atoms with van der Waals surface area (Å²) in [6, 6.07) is 5.48. The second-order valence-corrected chi connectivity index (χ2v) is 6.09. The molecular weight excluding hydrogens is 350 g/mol. The number of nitrogens with zero attached hydrogens (tertiary/aromatic N) is 4. The summed E-state index contributed by atoms with van der Waals surface area (Å²) < 4.78 is 5.93. The van der Waals surface area contributed by atoms with E-state index in [0.29, 0.717) is 54.6 Å². The Kier molecular flexibility index (Phi) is 5.70. The predicted molar refractivity (Wildman–Crippen MR) is 97.1 cm³/mol. The van der Waals surface area contributed by atoms with E-state index in [1.807, 2.05) is 18.2 Å². The van der Waals surface area contributed by atoms with Gasteiger partial charge in [0.1, 0.15) is 12.4 Å². The number of rotatable bonds is 6. The summed E-state index contributed by atoms with van der Waals surface area (Å²) in [7, 11) is 0. The Labute approximate surface area is 156 Å². The largest absolute Gasteiger partial charge is 0.474 e. The number of carbonyl (C=O) groups is 1. The second-order valence-electron chi connectivity index (χ2n) is 6.09. The van der Waals surface area contributed by atoms with Gasteiger partial charge < -0.3 is 19.6 Å². The number of likely N-dealkylation sites (tertiary alicyclic amines) is 1. The van der Waals surface area contributed by atoms with Gasteiger partial charge in [-0.25, -0.2) is 15.3 Å². The van der Waals surface area contributed by atoms with Gasteiger partial charge >= 0.3 is 6.09 Å². The Hall–Kier alpha value is -3.36. The molecule has 3 heterocycles. The van der Waals surface area contributed by atoms with Gasteiger partial charge in [0.25, 0.3) is 5.88 Å². The molecule has 0 aromatic carbocycles. The lowest BCUT2D eigenvalue weighted by Gasteiger charge is -2.30. The maximum absolute atomic E-state index is 11.0. The molecule has 2 aromatic heterocycles. The van der Waals surface area contributed by atoms with Gasteiger partial charge in [0.05, 0.1) is 17.0 Å². The molecular formula is C18H21N5O4. The van der Waals surface area contributed by atoms with Gasteiger partial charge in [-0.05, 0) is 19.1 Å². The van der Waals surface area contributed by atoms with E-state index in [2.05, 4.69) is 27.0 Å². The van der Waals surface area contributed by atoms with E-state index in [1.54, 1.807) is 13.1 Å². The fraction of sp³-hybridized carbons (Fsp3) is 0.333. The summed E-state index contributed by atoms with van der Waals surface area (Å²) in [5.74, 6) is 0.735. The third kappa shape index (κ3) is 4.63. The van der Waals surface area contributed by atoms with Crippen LogP contribution in [0.25, 0.3) is 5.70 Å². The van der Waals surface area contributed by atoms with E-state index < -0.39 is 6.09 Å². The molecule has 0 radical (unpaired) electrons. The molecule has 0 saturated carbocycles. The lowest BCUT2D eigenvalue weighted by molar-refractivity contribution is 0.0861. The summed E-state index contributed by atoms with van der Waals surface area (Å²) >= 11 is 0. The molecule has 0 spiro atoms. The third-order valence-electron chi connectivity index (χ3n) is 4.23. The molecule has 1 fully saturated rings. The standard InChI is InChI=1S/C18H21N5O4/c1-12-16(26-14-6-9-23(10-7-14)18(24)25)20-11-21-17(12)27-22-13(2)15-5-3-4-8-19-15/h3-5,8,11,14,22H,2,6-7,9-10H2,1H3,(H,24,25). The minimum absolute atomic E-state index is 0.0986. The average Bonchev–Trinajstić information content (AvgIpc) is 2.69. The van der Waals surface area contributed by atoms with Crippen molar-refractivity contribution >= 4 is 11.8 Å². The first-order valence-corrected chi connectivity index (χ1v) is 8.54. The number of amides is 1. The minimum atomic E-state index is -0.901. The first-order chi connectivity index (χ1) is 13.0. The number of ether oxygens (including phenoxy) is 1. The van der Waals surface area contributed by atoms with E-state index in [4.69, 9.17) is 14.7 Å². The number of hydrogen-bond donors (Lipinski definition) is 2. The number of pyridine rings is 1. The summed E-state index contributed by atoms with van der Waals surface area (Å²) in [4.78, 5) is 30.3. The van der Waals surface area contributed by atoms with Crippen LogP contribution in [-0.2, 0) is 0 Å². The smallest absolute Gasteiger partial charge is 0.407 e. The summed E-state index contributed by atoms with van der Waals surface area (Å²) in [6.07, 6.45) is 3.25. The molecule has 0 unspecified atom stereocenters. The lowest BCUT2D eigenvalue weighted by atomic mass is 10.1. The van der Waals surface area contributed by atoms with E-state index in [-0.39, 0.29) is 6.10 Å². The van der Waals surface area contributed by atoms with E-state index in [1.165, 1.54) is 11.2 Å². The molecule has 0 atom stereocenters. The Bertz CT molecular complexity index is 807. The Morgan fingerprint density at radius 3 is 2.67 bits per heavy atom. The number of aromatic nitrogens is 3. The normalized spacial score (nSPS) is 14.5. The van der Waals surface area contributed by atoms with E-state index >= 15 is 0 Å². The zero-order chi connectivity index (χ0) is 19.2. The number of piperidine rings is 1. The molecule has 2 aromatic rings. The molecule has 0 aliphatic carbocycles. The van der Waals surface area contributed by atoms with Crippen LogP contribution < -0.4 is 15.1 Å². The van der Waals surface area contributed by atoms with Gasteiger partial charge in [0.15, 0.2) is 0 Å². The highest BCUT2D eigenvalue weighted by atomic mass is 16.7. The van der Waals surface area contributed by atoms with Crippen LogP contribution in [0.1, 0.15) is 24.1 Å². The minimum Gasteiger partial charge on any atom is -0.474 e. The third-order valence-corrected chi connectivity index (χ3v) is 4.23. The van der Waals surface area contributed by atoms with Crippen LogP contribution in [-0.4, -0.2) is 50.2 Å². The van der Waals surface area contributed by atoms with Crippen LogP contribution in [0.15, 0.2) is 37.3 Å². The lowest BCUT2D eigenvalue weighted by Crippen LogP contribution is -2.41. The van der Waals surface area contributed by atoms with Crippen LogP contribution in [0.5, 0.6) is 11.8 Å². The van der Waals surface area contributed by atoms with E-state index in [9.17, 15) is 4.79 Å². The molecule has 1 saturated heterocycles. The van der Waals surface area contributed by atoms with Crippen molar-refractivity contribution in [1.82, 2.24) is 25.3 Å². The van der Waals surface area contributed by atoms with E-state index in [0.717, 1.165) is 0 Å². The molecule has 3 rings (SSSR count). The Morgan fingerprint density at radius 2 is 2.00 bits per heavy atom. The van der Waals surface area contributed by atoms with Gasteiger partial charge in [-0.1, -0.05) is 12.6 Å². The van der Waals surface area contributed by atoms with Gasteiger partial charge in [-0.3, -0.25) is 4.98 Å². The van der Waals surface area contributed by atoms with Crippen molar-refractivity contribution in [3.05, 3.63) is 48.6 Å². The van der Waals surface area contributed by atoms with Crippen molar-refractivity contribution in [3.63, 3.8) is 0 Å². The molecule has 2 N–H and O–H groups in total. The van der Waals surface area contributed by atoms with Crippen LogP contribution in [0.3, 0.4) is 0 Å². The Balaban J connectivity index is 1.59. The second kappa shape index (κ2) is 8.35. The topological polar surface area (TPSA) is 110 Å². The fourth-order valence-corrected chi connectivity index (χ4v) is 2.67. The SMILES string of the molecule is C=C(NOc1ncnc(OC2CCN(C(=O)O)CC2)c1C)c1ccccn1. The highest BCUT2D eigenvalue weighted by molar-refractivity contribution is 5.65. The average molecular weight is 371 g/mol. The highest BCUT2D eigenvalue weighted by Crippen LogP contribution is 2.25. The van der Waals surface area contributed by atoms with Gasteiger partial charge in [-0.2, -0.15) is 4.98 Å². The monoisotopic (exact) mass is 371 g/mol. The van der Waals surface area contributed by atoms with Crippen LogP contribution in [0, 0.1) is 6.92 Å². The number of nitrogens with one attached hydrogen (secondary N) is 1. The van der Waals surface area contributed by atoms with Gasteiger partial charge in [-0.15, -0.1) is 0 Å². The zero-order valence-corrected chi connectivity index (χ0v) is 15.0. The van der Waals surface area contributed by atoms with Gasteiger partial charge in [0, 0.05) is 32.1 Å². The molecule has 1 aliphatic rings. The maximum Gasteiger partial charge on any atom is 0.407 e. The van der Waals surface area contributed by atoms with Crippen molar-refractivity contribution in [3.8, 4) is 11.8 Å². The van der Waals surface area contributed by atoms with Crippen molar-refractivity contribution in [1.29, 1.82) is 0 Å². The predicted octanol–water partition coefficient (Wildman–Crippen LogP) is 2.26. The highest BCUT2D eigenvalue weighted by Gasteiger charge is 2.24. The van der Waals surface area contributed by atoms with Crippen molar-refractivity contribution < 1.29 is 19.5 Å². The molecule has 27 heavy (non-hydrogen) atoms. The van der Waals surface area contributed by atoms with Crippen LogP contribution in [0.2, 0.25) is 0 Å². The first-order valence-electron chi connectivity index (χ1n) is 8.54. The molecule has 142 valence electrons. The molecule has 9 nitrogen and oxygen atoms in total. The zero-order valence-electron chi connectivity index (χ0n) is 15.0. The molecule has 9 heteroatoms. The summed E-state index contributed by atoms with van der Waals surface area (Å²) in [5.41, 5.74) is 4.52. The quantitative estimate of drug-likeness (QED) is 0.744. The van der Waals surface area contributed by atoms with Crippen LogP contribution >= 0.6 is 0 Å². The number of hydroxylamine groups is 1. The maximum atomic E-state index is 11.0. The summed E-state index contributed by atoms with van der Waals surface area (Å²) in [5, 5.41) is 9.01. The van der Waals surface area contributed by atoms with Crippen molar-refractivity contribution in [2.75, 3.05) is 13.1 Å². The Morgan fingerprint density at radius 1 is 1.26 bits per heavy atom. The number of carboxylic acid groups (broad SMARTS) is 1.